The highest BCUT2D eigenvalue weighted by molar-refractivity contribution is 7.13. The third-order valence-corrected chi connectivity index (χ3v) is 6.75. The molecule has 2 aliphatic rings. The fourth-order valence-corrected chi connectivity index (χ4v) is 4.94. The summed E-state index contributed by atoms with van der Waals surface area (Å²) in [4.78, 5) is 24.6. The molecule has 0 amide bonds. The Kier molecular flexibility index (Phi) is 4.01. The molecule has 2 saturated carbocycles. The van der Waals surface area contributed by atoms with E-state index in [0.717, 1.165) is 18.5 Å². The van der Waals surface area contributed by atoms with Crippen molar-refractivity contribution in [3.05, 3.63) is 33.4 Å². The van der Waals surface area contributed by atoms with Crippen LogP contribution in [0, 0.1) is 0 Å². The number of H-pyrrole nitrogens is 1. The molecule has 3 aromatic rings. The van der Waals surface area contributed by atoms with Crippen LogP contribution in [0.5, 0.6) is 0 Å². The molecule has 0 radical (unpaired) electrons. The predicted molar refractivity (Wildman–Crippen MR) is 102 cm³/mol. The van der Waals surface area contributed by atoms with Gasteiger partial charge in [-0.15, -0.1) is 11.3 Å². The molecule has 10 heteroatoms. The SMILES string of the molecule is Nc1nc([C@H]2CC[C@H]2c2nc3c(cnn3C3CCC(F)(F)CC3)c(=O)[nH]2)cs1. The summed E-state index contributed by atoms with van der Waals surface area (Å²) in [5, 5.41) is 7.20. The number of rotatable bonds is 3. The molecule has 0 saturated heterocycles. The number of fused-ring (bicyclic) bond motifs is 1. The van der Waals surface area contributed by atoms with Crippen LogP contribution in [0.3, 0.4) is 0 Å². The number of anilines is 1. The van der Waals surface area contributed by atoms with Gasteiger partial charge in [-0.25, -0.2) is 23.4 Å². The van der Waals surface area contributed by atoms with Crippen molar-refractivity contribution in [2.75, 3.05) is 5.73 Å². The van der Waals surface area contributed by atoms with E-state index in [-0.39, 0.29) is 36.3 Å². The van der Waals surface area contributed by atoms with Crippen molar-refractivity contribution in [3.63, 3.8) is 0 Å². The monoisotopic (exact) mass is 406 g/mol. The van der Waals surface area contributed by atoms with E-state index in [1.165, 1.54) is 17.5 Å². The second-order valence-corrected chi connectivity index (χ2v) is 8.66. The van der Waals surface area contributed by atoms with Gasteiger partial charge in [-0.3, -0.25) is 4.79 Å². The normalized spacial score (nSPS) is 25.1. The molecule has 0 spiro atoms. The number of aromatic nitrogens is 5. The summed E-state index contributed by atoms with van der Waals surface area (Å²) >= 11 is 1.41. The lowest BCUT2D eigenvalue weighted by atomic mass is 9.71. The minimum atomic E-state index is -2.61. The maximum atomic E-state index is 13.5. The van der Waals surface area contributed by atoms with Crippen LogP contribution in [0.4, 0.5) is 13.9 Å². The fraction of sp³-hybridized carbons (Fsp3) is 0.556. The van der Waals surface area contributed by atoms with Crippen LogP contribution in [0.25, 0.3) is 11.0 Å². The first-order valence-corrected chi connectivity index (χ1v) is 10.4. The number of thiazole rings is 1. The Bertz CT molecular complexity index is 1080. The van der Waals surface area contributed by atoms with Crippen molar-refractivity contribution in [3.8, 4) is 0 Å². The molecular formula is C18H20F2N6OS. The minimum absolute atomic E-state index is 0.0673. The summed E-state index contributed by atoms with van der Waals surface area (Å²) in [6, 6.07) is -0.158. The first-order chi connectivity index (χ1) is 13.4. The summed E-state index contributed by atoms with van der Waals surface area (Å²) in [7, 11) is 0. The van der Waals surface area contributed by atoms with Crippen LogP contribution in [-0.2, 0) is 0 Å². The Labute approximate surface area is 163 Å². The maximum absolute atomic E-state index is 13.5. The maximum Gasteiger partial charge on any atom is 0.262 e. The van der Waals surface area contributed by atoms with Crippen molar-refractivity contribution < 1.29 is 8.78 Å². The molecule has 3 aromatic heterocycles. The topological polar surface area (TPSA) is 102 Å². The van der Waals surface area contributed by atoms with E-state index in [2.05, 4.69) is 15.1 Å². The third kappa shape index (κ3) is 2.90. The number of aromatic amines is 1. The molecule has 2 atom stereocenters. The lowest BCUT2D eigenvalue weighted by Gasteiger charge is -2.34. The molecule has 5 rings (SSSR count). The van der Waals surface area contributed by atoms with E-state index in [1.54, 1.807) is 4.68 Å². The summed E-state index contributed by atoms with van der Waals surface area (Å²) in [5.41, 5.74) is 6.93. The second-order valence-electron chi connectivity index (χ2n) is 7.77. The fourth-order valence-electron chi connectivity index (χ4n) is 4.32. The average Bonchev–Trinajstić information content (AvgIpc) is 3.21. The molecule has 0 bridgehead atoms. The predicted octanol–water partition coefficient (Wildman–Crippen LogP) is 3.57. The highest BCUT2D eigenvalue weighted by Crippen LogP contribution is 2.48. The molecule has 2 fully saturated rings. The summed E-state index contributed by atoms with van der Waals surface area (Å²) < 4.78 is 28.7. The molecule has 148 valence electrons. The molecular weight excluding hydrogens is 386 g/mol. The molecule has 28 heavy (non-hydrogen) atoms. The van der Waals surface area contributed by atoms with Crippen molar-refractivity contribution in [2.24, 2.45) is 0 Å². The number of alkyl halides is 2. The van der Waals surface area contributed by atoms with Crippen molar-refractivity contribution >= 4 is 27.5 Å². The Morgan fingerprint density at radius 2 is 1.93 bits per heavy atom. The quantitative estimate of drug-likeness (QED) is 0.692. The first-order valence-electron chi connectivity index (χ1n) is 9.47. The van der Waals surface area contributed by atoms with Crippen molar-refractivity contribution in [2.45, 2.75) is 62.3 Å². The van der Waals surface area contributed by atoms with E-state index < -0.39 is 5.92 Å². The third-order valence-electron chi connectivity index (χ3n) is 6.06. The molecule has 2 aliphatic carbocycles. The van der Waals surface area contributed by atoms with Gasteiger partial charge in [0.15, 0.2) is 10.8 Å². The smallest absolute Gasteiger partial charge is 0.262 e. The van der Waals surface area contributed by atoms with Gasteiger partial charge in [0, 0.05) is 30.1 Å². The average molecular weight is 406 g/mol. The Morgan fingerprint density at radius 1 is 1.18 bits per heavy atom. The second kappa shape index (κ2) is 6.33. The van der Waals surface area contributed by atoms with Gasteiger partial charge < -0.3 is 10.7 Å². The largest absolute Gasteiger partial charge is 0.375 e. The van der Waals surface area contributed by atoms with Crippen LogP contribution in [0.1, 0.15) is 67.9 Å². The van der Waals surface area contributed by atoms with Gasteiger partial charge in [0.05, 0.1) is 17.9 Å². The highest BCUT2D eigenvalue weighted by Gasteiger charge is 2.38. The standard InChI is InChI=1S/C18H20F2N6OS/c19-18(20)5-3-9(4-6-18)26-15-12(7-22-26)16(27)25-14(24-15)11-2-1-10(11)13-8-28-17(21)23-13/h7-11H,1-6H2,(H2,21,23)(H,24,25,27)/t10-,11+/m0/s1. The number of nitrogens with one attached hydrogen (secondary N) is 1. The van der Waals surface area contributed by atoms with Gasteiger partial charge >= 0.3 is 0 Å². The summed E-state index contributed by atoms with van der Waals surface area (Å²) in [6.45, 7) is 0. The van der Waals surface area contributed by atoms with Crippen LogP contribution in [-0.4, -0.2) is 30.7 Å². The van der Waals surface area contributed by atoms with Crippen LogP contribution in [0.15, 0.2) is 16.4 Å². The van der Waals surface area contributed by atoms with Gasteiger partial charge in [-0.1, -0.05) is 0 Å². The van der Waals surface area contributed by atoms with Gasteiger partial charge in [0.2, 0.25) is 5.92 Å². The van der Waals surface area contributed by atoms with E-state index in [1.807, 2.05) is 5.38 Å². The lowest BCUT2D eigenvalue weighted by molar-refractivity contribution is -0.0446. The number of nitrogens with zero attached hydrogens (tertiary/aromatic N) is 4. The number of hydrogen-bond donors (Lipinski definition) is 2. The Morgan fingerprint density at radius 3 is 2.57 bits per heavy atom. The van der Waals surface area contributed by atoms with E-state index in [9.17, 15) is 13.6 Å². The van der Waals surface area contributed by atoms with Gasteiger partial charge in [-0.2, -0.15) is 5.10 Å². The van der Waals surface area contributed by atoms with Gasteiger partial charge in [-0.05, 0) is 25.7 Å². The molecule has 0 aliphatic heterocycles. The highest BCUT2D eigenvalue weighted by atomic mass is 32.1. The van der Waals surface area contributed by atoms with Crippen molar-refractivity contribution in [1.29, 1.82) is 0 Å². The number of halogens is 2. The zero-order valence-corrected chi connectivity index (χ0v) is 15.9. The zero-order chi connectivity index (χ0) is 19.5. The molecule has 3 N–H and O–H groups in total. The van der Waals surface area contributed by atoms with E-state index in [0.29, 0.717) is 34.8 Å². The number of nitrogens with two attached hydrogens (primary N) is 1. The first kappa shape index (κ1) is 17.7. The molecule has 0 unspecified atom stereocenters. The van der Waals surface area contributed by atoms with Crippen LogP contribution >= 0.6 is 11.3 Å². The summed E-state index contributed by atoms with van der Waals surface area (Å²) in [5.74, 6) is -1.75. The van der Waals surface area contributed by atoms with Crippen molar-refractivity contribution in [1.82, 2.24) is 24.7 Å². The van der Waals surface area contributed by atoms with Crippen LogP contribution < -0.4 is 11.3 Å². The molecule has 7 nitrogen and oxygen atoms in total. The number of nitrogen functional groups attached to an aromatic ring is 1. The Hall–Kier alpha value is -2.36. The number of hydrogen-bond acceptors (Lipinski definition) is 6. The summed E-state index contributed by atoms with van der Waals surface area (Å²) in [6.07, 6.45) is 3.69. The van der Waals surface area contributed by atoms with E-state index in [4.69, 9.17) is 10.7 Å². The molecule has 3 heterocycles. The van der Waals surface area contributed by atoms with Crippen LogP contribution in [0.2, 0.25) is 0 Å². The lowest BCUT2D eigenvalue weighted by Crippen LogP contribution is -2.28. The van der Waals surface area contributed by atoms with Gasteiger partial charge in [0.25, 0.3) is 5.56 Å². The van der Waals surface area contributed by atoms with E-state index >= 15 is 0 Å². The zero-order valence-electron chi connectivity index (χ0n) is 15.1. The Balaban J connectivity index is 1.49. The van der Waals surface area contributed by atoms with Gasteiger partial charge in [0.1, 0.15) is 11.2 Å². The minimum Gasteiger partial charge on any atom is -0.375 e. The molecule has 0 aromatic carbocycles.